The predicted molar refractivity (Wildman–Crippen MR) is 166 cm³/mol. The van der Waals surface area contributed by atoms with Crippen LogP contribution in [0.15, 0.2) is 88.8 Å². The van der Waals surface area contributed by atoms with E-state index in [9.17, 15) is 9.59 Å². The van der Waals surface area contributed by atoms with Crippen molar-refractivity contribution < 1.29 is 9.53 Å². The number of nitrogens with zero attached hydrogens (tertiary/aromatic N) is 2. The van der Waals surface area contributed by atoms with E-state index in [0.29, 0.717) is 22.0 Å². The van der Waals surface area contributed by atoms with E-state index in [0.717, 1.165) is 46.0 Å². The Morgan fingerprint density at radius 2 is 1.73 bits per heavy atom. The zero-order chi connectivity index (χ0) is 28.1. The Balaban J connectivity index is 1.54. The van der Waals surface area contributed by atoms with Crippen LogP contribution in [0, 0.1) is 0 Å². The Morgan fingerprint density at radius 1 is 0.975 bits per heavy atom. The molecule has 3 aromatic carbocycles. The lowest BCUT2D eigenvalue weighted by Gasteiger charge is -2.13. The first-order chi connectivity index (χ1) is 19.5. The van der Waals surface area contributed by atoms with Crippen LogP contribution in [0.1, 0.15) is 31.9 Å². The molecule has 0 aliphatic carbocycles. The number of benzene rings is 3. The fraction of sp³-hybridized carbons (Fsp3) is 0.219. The summed E-state index contributed by atoms with van der Waals surface area (Å²) in [5.41, 5.74) is 5.17. The molecule has 0 aliphatic heterocycles. The number of fused-ring (bicyclic) bond motifs is 1. The number of aryl methyl sites for hydroxylation is 2. The van der Waals surface area contributed by atoms with E-state index in [1.807, 2.05) is 85.8 Å². The second-order valence-corrected chi connectivity index (χ2v) is 11.2. The second-order valence-electron chi connectivity index (χ2n) is 9.16. The quantitative estimate of drug-likeness (QED) is 0.140. The second kappa shape index (κ2) is 12.5. The van der Waals surface area contributed by atoms with Crippen molar-refractivity contribution in [3.63, 3.8) is 0 Å². The van der Waals surface area contributed by atoms with E-state index in [1.54, 1.807) is 4.57 Å². The average Bonchev–Trinajstić information content (AvgIpc) is 3.41. The molecular formula is C32H31N3O3S2. The van der Waals surface area contributed by atoms with E-state index in [-0.39, 0.29) is 17.2 Å². The molecule has 6 nitrogen and oxygen atoms in total. The van der Waals surface area contributed by atoms with Crippen LogP contribution in [0.2, 0.25) is 0 Å². The Bertz CT molecular complexity index is 1710. The Morgan fingerprint density at radius 3 is 2.48 bits per heavy atom. The summed E-state index contributed by atoms with van der Waals surface area (Å²) in [7, 11) is 0. The third-order valence-corrected chi connectivity index (χ3v) is 8.66. The SMILES string of the molecule is CCOc1ccccc1-c1cc2nc(SCC(=O)Nc3ccccc3CC)n(-c3ccc(CC)cc3)c(=O)c2s1. The summed E-state index contributed by atoms with van der Waals surface area (Å²) in [4.78, 5) is 32.7. The number of thiophene rings is 1. The van der Waals surface area contributed by atoms with Crippen LogP contribution in [-0.4, -0.2) is 27.8 Å². The molecule has 0 fully saturated rings. The summed E-state index contributed by atoms with van der Waals surface area (Å²) < 4.78 is 8.02. The maximum Gasteiger partial charge on any atom is 0.276 e. The Kier molecular flexibility index (Phi) is 8.67. The van der Waals surface area contributed by atoms with Crippen molar-refractivity contribution in [2.45, 2.75) is 38.8 Å². The lowest BCUT2D eigenvalue weighted by molar-refractivity contribution is -0.113. The summed E-state index contributed by atoms with van der Waals surface area (Å²) in [5, 5.41) is 3.49. The van der Waals surface area contributed by atoms with Crippen molar-refractivity contribution >= 4 is 44.9 Å². The third kappa shape index (κ3) is 5.83. The minimum Gasteiger partial charge on any atom is -0.493 e. The van der Waals surface area contributed by atoms with Crippen LogP contribution < -0.4 is 15.6 Å². The molecule has 1 amide bonds. The van der Waals surface area contributed by atoms with Gasteiger partial charge in [-0.3, -0.25) is 14.2 Å². The number of rotatable bonds is 10. The summed E-state index contributed by atoms with van der Waals surface area (Å²) >= 11 is 2.67. The van der Waals surface area contributed by atoms with Gasteiger partial charge in [0.2, 0.25) is 5.91 Å². The third-order valence-electron chi connectivity index (χ3n) is 6.58. The molecule has 0 radical (unpaired) electrons. The molecule has 0 aliphatic rings. The molecule has 0 saturated heterocycles. The minimum atomic E-state index is -0.154. The molecule has 0 spiro atoms. The molecule has 2 heterocycles. The molecule has 5 rings (SSSR count). The maximum absolute atomic E-state index is 14.0. The predicted octanol–water partition coefficient (Wildman–Crippen LogP) is 7.37. The van der Waals surface area contributed by atoms with Crippen LogP contribution in [0.4, 0.5) is 5.69 Å². The van der Waals surface area contributed by atoms with Gasteiger partial charge < -0.3 is 10.1 Å². The van der Waals surface area contributed by atoms with Crippen LogP contribution in [0.25, 0.3) is 26.3 Å². The summed E-state index contributed by atoms with van der Waals surface area (Å²) in [6.07, 6.45) is 1.73. The smallest absolute Gasteiger partial charge is 0.276 e. The van der Waals surface area contributed by atoms with Crippen molar-refractivity contribution in [2.75, 3.05) is 17.7 Å². The number of aromatic nitrogens is 2. The normalized spacial score (nSPS) is 11.1. The van der Waals surface area contributed by atoms with Gasteiger partial charge in [-0.15, -0.1) is 11.3 Å². The van der Waals surface area contributed by atoms with Crippen LogP contribution in [-0.2, 0) is 17.6 Å². The monoisotopic (exact) mass is 569 g/mol. The molecule has 0 saturated carbocycles. The molecule has 40 heavy (non-hydrogen) atoms. The van der Waals surface area contributed by atoms with E-state index >= 15 is 0 Å². The number of carbonyl (C=O) groups is 1. The van der Waals surface area contributed by atoms with Crippen molar-refractivity contribution in [3.05, 3.63) is 100 Å². The van der Waals surface area contributed by atoms with Gasteiger partial charge in [0.15, 0.2) is 5.16 Å². The lowest BCUT2D eigenvalue weighted by Crippen LogP contribution is -2.22. The van der Waals surface area contributed by atoms with Gasteiger partial charge in [0.05, 0.1) is 23.6 Å². The first-order valence-electron chi connectivity index (χ1n) is 13.4. The number of anilines is 1. The molecular weight excluding hydrogens is 539 g/mol. The number of para-hydroxylation sites is 2. The largest absolute Gasteiger partial charge is 0.493 e. The first kappa shape index (κ1) is 27.7. The van der Waals surface area contributed by atoms with Gasteiger partial charge in [0.25, 0.3) is 5.56 Å². The fourth-order valence-corrected chi connectivity index (χ4v) is 6.39. The molecule has 0 unspecified atom stereocenters. The number of amides is 1. The highest BCUT2D eigenvalue weighted by Gasteiger charge is 2.19. The van der Waals surface area contributed by atoms with Gasteiger partial charge in [-0.2, -0.15) is 0 Å². The molecule has 8 heteroatoms. The maximum atomic E-state index is 14.0. The number of nitrogens with one attached hydrogen (secondary N) is 1. The highest BCUT2D eigenvalue weighted by atomic mass is 32.2. The zero-order valence-electron chi connectivity index (χ0n) is 22.8. The number of thioether (sulfide) groups is 1. The minimum absolute atomic E-state index is 0.118. The molecule has 0 bridgehead atoms. The van der Waals surface area contributed by atoms with Crippen LogP contribution in [0.3, 0.4) is 0 Å². The summed E-state index contributed by atoms with van der Waals surface area (Å²) in [5.74, 6) is 0.739. The highest BCUT2D eigenvalue weighted by Crippen LogP contribution is 2.37. The first-order valence-corrected chi connectivity index (χ1v) is 15.2. The number of carbonyl (C=O) groups excluding carboxylic acids is 1. The van der Waals surface area contributed by atoms with Gasteiger partial charge in [0.1, 0.15) is 10.4 Å². The summed E-state index contributed by atoms with van der Waals surface area (Å²) in [6, 6.07) is 25.5. The van der Waals surface area contributed by atoms with Crippen molar-refractivity contribution in [1.29, 1.82) is 0 Å². The van der Waals surface area contributed by atoms with Gasteiger partial charge >= 0.3 is 0 Å². The highest BCUT2D eigenvalue weighted by molar-refractivity contribution is 7.99. The number of ether oxygens (including phenoxy) is 1. The van der Waals surface area contributed by atoms with Crippen molar-refractivity contribution in [1.82, 2.24) is 9.55 Å². The molecule has 2 aromatic heterocycles. The Labute approximate surface area is 242 Å². The van der Waals surface area contributed by atoms with E-state index in [1.165, 1.54) is 28.7 Å². The number of hydrogen-bond donors (Lipinski definition) is 1. The van der Waals surface area contributed by atoms with Gasteiger partial charge in [-0.1, -0.05) is 68.1 Å². The molecule has 204 valence electrons. The topological polar surface area (TPSA) is 73.2 Å². The van der Waals surface area contributed by atoms with E-state index in [2.05, 4.69) is 19.2 Å². The van der Waals surface area contributed by atoms with Gasteiger partial charge in [-0.05, 0) is 67.3 Å². The van der Waals surface area contributed by atoms with Crippen molar-refractivity contribution in [2.24, 2.45) is 0 Å². The van der Waals surface area contributed by atoms with Crippen molar-refractivity contribution in [3.8, 4) is 21.9 Å². The van der Waals surface area contributed by atoms with Crippen LogP contribution >= 0.6 is 23.1 Å². The summed E-state index contributed by atoms with van der Waals surface area (Å²) in [6.45, 7) is 6.65. The van der Waals surface area contributed by atoms with Gasteiger partial charge in [0, 0.05) is 16.1 Å². The standard InChI is InChI=1S/C32H31N3O3S2/c1-4-21-15-17-23(18-16-21)35-31(37)30-26(19-28(40-30)24-12-8-10-14-27(24)38-6-3)34-32(35)39-20-29(36)33-25-13-9-7-11-22(25)5-2/h7-19H,4-6,20H2,1-3H3,(H,33,36). The average molecular weight is 570 g/mol. The fourth-order valence-electron chi connectivity index (χ4n) is 4.52. The van der Waals surface area contributed by atoms with E-state index < -0.39 is 0 Å². The Hall–Kier alpha value is -3.88. The van der Waals surface area contributed by atoms with Crippen LogP contribution in [0.5, 0.6) is 5.75 Å². The molecule has 0 atom stereocenters. The number of hydrogen-bond acceptors (Lipinski definition) is 6. The molecule has 5 aromatic rings. The molecule has 1 N–H and O–H groups in total. The van der Waals surface area contributed by atoms with Gasteiger partial charge in [-0.25, -0.2) is 4.98 Å². The zero-order valence-corrected chi connectivity index (χ0v) is 24.4. The van der Waals surface area contributed by atoms with E-state index in [4.69, 9.17) is 9.72 Å². The lowest BCUT2D eigenvalue weighted by atomic mass is 10.1.